The lowest BCUT2D eigenvalue weighted by atomic mass is 9.86. The summed E-state index contributed by atoms with van der Waals surface area (Å²) in [5.41, 5.74) is 5.57. The topological polar surface area (TPSA) is 57.4 Å². The molecule has 0 aromatic rings. The standard InChI is InChI=1S/C23H30N4O/c1-9-12-24-18(6)17(5)19-21-20(25-23(26-21)27(7)8)15(3)11-10-14(2)13-16(4)22(19)28/h9-13,17H,1-8H3/b12-9-,14-10-,15-11+,16-13+,21-19+,24-18-. The minimum Gasteiger partial charge on any atom is -0.347 e. The number of nitrogens with zero attached hydrogens (tertiary/aromatic N) is 4. The summed E-state index contributed by atoms with van der Waals surface area (Å²) in [6.45, 7) is 11.7. The molecule has 0 radical (unpaired) electrons. The molecule has 5 heteroatoms. The van der Waals surface area contributed by atoms with Gasteiger partial charge in [0.05, 0.1) is 5.71 Å². The summed E-state index contributed by atoms with van der Waals surface area (Å²) in [4.78, 5) is 29.3. The third-order valence-corrected chi connectivity index (χ3v) is 4.81. The fraction of sp³-hybridized carbons (Fsp3) is 0.391. The Balaban J connectivity index is 2.82. The van der Waals surface area contributed by atoms with Gasteiger partial charge in [-0.2, -0.15) is 0 Å². The molecule has 28 heavy (non-hydrogen) atoms. The second kappa shape index (κ2) is 8.91. The van der Waals surface area contributed by atoms with Crippen LogP contribution in [0.25, 0.3) is 0 Å². The molecule has 0 bridgehead atoms. The zero-order chi connectivity index (χ0) is 21.0. The number of fused-ring (bicyclic) bond motifs is 1. The number of hydrogen-bond donors (Lipinski definition) is 0. The number of ketones is 1. The van der Waals surface area contributed by atoms with E-state index < -0.39 is 0 Å². The van der Waals surface area contributed by atoms with Crippen molar-refractivity contribution >= 4 is 23.2 Å². The van der Waals surface area contributed by atoms with E-state index in [0.717, 1.165) is 22.6 Å². The first-order chi connectivity index (χ1) is 13.2. The lowest BCUT2D eigenvalue weighted by molar-refractivity contribution is -0.112. The van der Waals surface area contributed by atoms with Crippen molar-refractivity contribution in [3.63, 3.8) is 0 Å². The van der Waals surface area contributed by atoms with Crippen LogP contribution in [0.4, 0.5) is 0 Å². The van der Waals surface area contributed by atoms with Crippen molar-refractivity contribution in [2.75, 3.05) is 14.1 Å². The molecule has 2 rings (SSSR count). The summed E-state index contributed by atoms with van der Waals surface area (Å²) in [6, 6.07) is 0. The van der Waals surface area contributed by atoms with Gasteiger partial charge in [0.2, 0.25) is 5.96 Å². The zero-order valence-electron chi connectivity index (χ0n) is 18.2. The molecule has 0 amide bonds. The van der Waals surface area contributed by atoms with Crippen LogP contribution in [0.15, 0.2) is 73.5 Å². The van der Waals surface area contributed by atoms with Gasteiger partial charge in [0, 0.05) is 37.5 Å². The van der Waals surface area contributed by atoms with Gasteiger partial charge >= 0.3 is 0 Å². The Bertz CT molecular complexity index is 918. The molecule has 0 aromatic heterocycles. The van der Waals surface area contributed by atoms with Crippen molar-refractivity contribution in [1.29, 1.82) is 0 Å². The van der Waals surface area contributed by atoms with Gasteiger partial charge in [-0.3, -0.25) is 9.79 Å². The minimum atomic E-state index is -0.186. The van der Waals surface area contributed by atoms with E-state index in [-0.39, 0.29) is 11.7 Å². The molecule has 1 aliphatic carbocycles. The summed E-state index contributed by atoms with van der Waals surface area (Å²) < 4.78 is 0. The number of carbonyl (C=O) groups is 1. The molecule has 0 N–H and O–H groups in total. The molecule has 0 saturated heterocycles. The molecule has 1 heterocycles. The number of hydrogen-bond acceptors (Lipinski definition) is 5. The highest BCUT2D eigenvalue weighted by Gasteiger charge is 2.31. The van der Waals surface area contributed by atoms with Crippen molar-refractivity contribution in [2.45, 2.75) is 41.5 Å². The maximum Gasteiger partial charge on any atom is 0.226 e. The quantitative estimate of drug-likeness (QED) is 0.670. The summed E-state index contributed by atoms with van der Waals surface area (Å²) in [5, 5.41) is 0. The first kappa shape index (κ1) is 21.5. The zero-order valence-corrected chi connectivity index (χ0v) is 18.2. The van der Waals surface area contributed by atoms with Crippen LogP contribution in [0.5, 0.6) is 0 Å². The van der Waals surface area contributed by atoms with Crippen LogP contribution in [-0.2, 0) is 4.79 Å². The van der Waals surface area contributed by atoms with E-state index in [2.05, 4.69) is 4.99 Å². The van der Waals surface area contributed by atoms with Gasteiger partial charge in [0.25, 0.3) is 0 Å². The van der Waals surface area contributed by atoms with Crippen molar-refractivity contribution in [3.8, 4) is 0 Å². The summed E-state index contributed by atoms with van der Waals surface area (Å²) in [7, 11) is 3.80. The Morgan fingerprint density at radius 2 is 1.82 bits per heavy atom. The molecule has 1 aliphatic heterocycles. The predicted octanol–water partition coefficient (Wildman–Crippen LogP) is 4.66. The first-order valence-corrected chi connectivity index (χ1v) is 9.50. The van der Waals surface area contributed by atoms with Crippen LogP contribution < -0.4 is 0 Å². The normalized spacial score (nSPS) is 27.8. The molecule has 0 spiro atoms. The maximum atomic E-state index is 13.5. The number of allylic oxidation sites excluding steroid dienone is 8. The number of rotatable bonds is 3. The van der Waals surface area contributed by atoms with E-state index >= 15 is 0 Å². The average molecular weight is 379 g/mol. The molecular formula is C23H30N4O. The van der Waals surface area contributed by atoms with Crippen molar-refractivity contribution < 1.29 is 4.79 Å². The molecule has 148 valence electrons. The van der Waals surface area contributed by atoms with Crippen LogP contribution in [0.1, 0.15) is 41.5 Å². The Kier molecular flexibility index (Phi) is 6.84. The van der Waals surface area contributed by atoms with E-state index in [0.29, 0.717) is 22.8 Å². The van der Waals surface area contributed by atoms with E-state index in [1.807, 2.05) is 84.8 Å². The van der Waals surface area contributed by atoms with Crippen molar-refractivity contribution in [2.24, 2.45) is 20.9 Å². The predicted molar refractivity (Wildman–Crippen MR) is 119 cm³/mol. The van der Waals surface area contributed by atoms with E-state index in [4.69, 9.17) is 9.98 Å². The summed E-state index contributed by atoms with van der Waals surface area (Å²) in [6.07, 6.45) is 9.59. The van der Waals surface area contributed by atoms with Gasteiger partial charge in [0.15, 0.2) is 5.78 Å². The number of guanidine groups is 1. The van der Waals surface area contributed by atoms with Gasteiger partial charge in [-0.25, -0.2) is 9.98 Å². The third kappa shape index (κ3) is 4.53. The maximum absolute atomic E-state index is 13.5. The largest absolute Gasteiger partial charge is 0.347 e. The summed E-state index contributed by atoms with van der Waals surface area (Å²) in [5.74, 6) is 0.394. The van der Waals surface area contributed by atoms with Gasteiger partial charge in [0.1, 0.15) is 5.70 Å². The van der Waals surface area contributed by atoms with Crippen LogP contribution in [-0.4, -0.2) is 42.2 Å². The fourth-order valence-corrected chi connectivity index (χ4v) is 3.02. The number of aliphatic imine (C=N–C) groups is 3. The first-order valence-electron chi connectivity index (χ1n) is 9.50. The van der Waals surface area contributed by atoms with Crippen molar-refractivity contribution in [1.82, 2.24) is 4.90 Å². The van der Waals surface area contributed by atoms with Gasteiger partial charge in [-0.15, -0.1) is 0 Å². The van der Waals surface area contributed by atoms with E-state index in [1.54, 1.807) is 6.20 Å². The number of Topliss-reactive ketones (excluding diaryl/α,β-unsaturated/α-hetero) is 1. The van der Waals surface area contributed by atoms with Crippen LogP contribution >= 0.6 is 0 Å². The lowest BCUT2D eigenvalue weighted by Gasteiger charge is -2.19. The SMILES string of the molecule is C/C=C\N=C(\C)C(C)/C1=C2\N=C(N(C)C)N=C2/C(C)=C/C=C(C)\C=C(/C)C1=O. The van der Waals surface area contributed by atoms with Crippen LogP contribution in [0, 0.1) is 5.92 Å². The highest BCUT2D eigenvalue weighted by molar-refractivity contribution is 6.26. The third-order valence-electron chi connectivity index (χ3n) is 4.81. The molecule has 0 saturated carbocycles. The monoisotopic (exact) mass is 378 g/mol. The fourth-order valence-electron chi connectivity index (χ4n) is 3.02. The Morgan fingerprint density at radius 3 is 2.43 bits per heavy atom. The van der Waals surface area contributed by atoms with Gasteiger partial charge in [-0.05, 0) is 45.8 Å². The van der Waals surface area contributed by atoms with Crippen LogP contribution in [0.2, 0.25) is 0 Å². The molecule has 0 fully saturated rings. The lowest BCUT2D eigenvalue weighted by Crippen LogP contribution is -2.22. The molecule has 2 aliphatic rings. The second-order valence-electron chi connectivity index (χ2n) is 7.42. The Labute approximate surface area is 168 Å². The van der Waals surface area contributed by atoms with E-state index in [9.17, 15) is 4.79 Å². The highest BCUT2D eigenvalue weighted by Crippen LogP contribution is 2.30. The molecule has 1 atom stereocenters. The molecule has 5 nitrogen and oxygen atoms in total. The molecule has 0 aromatic carbocycles. The summed E-state index contributed by atoms with van der Waals surface area (Å²) >= 11 is 0. The van der Waals surface area contributed by atoms with Crippen LogP contribution in [0.3, 0.4) is 0 Å². The average Bonchev–Trinajstić information content (AvgIpc) is 3.08. The molecule has 1 unspecified atom stereocenters. The van der Waals surface area contributed by atoms with Gasteiger partial charge < -0.3 is 4.90 Å². The van der Waals surface area contributed by atoms with E-state index in [1.165, 1.54) is 0 Å². The Hall–Kier alpha value is -2.82. The Morgan fingerprint density at radius 1 is 1.14 bits per heavy atom. The molecular weight excluding hydrogens is 348 g/mol. The second-order valence-corrected chi connectivity index (χ2v) is 7.42. The minimum absolute atomic E-state index is 0.0172. The van der Waals surface area contributed by atoms with Crippen molar-refractivity contribution in [3.05, 3.63) is 58.5 Å². The van der Waals surface area contributed by atoms with Gasteiger partial charge in [-0.1, -0.05) is 36.8 Å². The highest BCUT2D eigenvalue weighted by atomic mass is 16.1. The smallest absolute Gasteiger partial charge is 0.226 e. The number of carbonyl (C=O) groups excluding carboxylic acids is 1.